The summed E-state index contributed by atoms with van der Waals surface area (Å²) in [7, 11) is 4.59. The lowest BCUT2D eigenvalue weighted by Crippen LogP contribution is -2.22. The summed E-state index contributed by atoms with van der Waals surface area (Å²) < 4.78 is 31.2. The molecule has 1 amide bonds. The fourth-order valence-electron chi connectivity index (χ4n) is 2.53. The number of nitrogens with one attached hydrogen (secondary N) is 1. The van der Waals surface area contributed by atoms with Gasteiger partial charge in [-0.2, -0.15) is 0 Å². The van der Waals surface area contributed by atoms with Crippen LogP contribution < -0.4 is 15.0 Å². The fourth-order valence-corrected chi connectivity index (χ4v) is 3.61. The van der Waals surface area contributed by atoms with Crippen LogP contribution in [0.5, 0.6) is 5.75 Å². The van der Waals surface area contributed by atoms with Crippen molar-refractivity contribution in [2.75, 3.05) is 40.2 Å². The normalized spacial score (nSPS) is 11.7. The van der Waals surface area contributed by atoms with Crippen LogP contribution in [0, 0.1) is 0 Å². The molecule has 29 heavy (non-hydrogen) atoms. The average Bonchev–Trinajstić information content (AvgIpc) is 2.70. The minimum Gasteiger partial charge on any atom is -0.495 e. The van der Waals surface area contributed by atoms with Crippen molar-refractivity contribution in [3.63, 3.8) is 0 Å². The smallest absolute Gasteiger partial charge is 0.246 e. The number of hydrogen-bond acceptors (Lipinski definition) is 5. The molecule has 1 N–H and O–H groups in total. The van der Waals surface area contributed by atoms with Crippen molar-refractivity contribution in [3.8, 4) is 5.75 Å². The number of anilines is 1. The largest absolute Gasteiger partial charge is 0.495 e. The second kappa shape index (κ2) is 9.58. The summed E-state index contributed by atoms with van der Waals surface area (Å²) in [5.74, 6) is -0.0176. The summed E-state index contributed by atoms with van der Waals surface area (Å²) in [6.07, 6.45) is 2.95. The van der Waals surface area contributed by atoms with Gasteiger partial charge >= 0.3 is 0 Å². The van der Waals surface area contributed by atoms with E-state index in [0.717, 1.165) is 15.6 Å². The summed E-state index contributed by atoms with van der Waals surface area (Å²) in [4.78, 5) is 14.2. The van der Waals surface area contributed by atoms with E-state index in [1.807, 2.05) is 43.3 Å². The zero-order valence-electron chi connectivity index (χ0n) is 17.3. The highest BCUT2D eigenvalue weighted by Gasteiger charge is 2.22. The first-order chi connectivity index (χ1) is 13.6. The maximum Gasteiger partial charge on any atom is 0.246 e. The van der Waals surface area contributed by atoms with E-state index in [2.05, 4.69) is 5.32 Å². The molecule has 0 atom stereocenters. The van der Waals surface area contributed by atoms with Gasteiger partial charge in [0.2, 0.25) is 15.9 Å². The van der Waals surface area contributed by atoms with Crippen LogP contribution in [0.2, 0.25) is 0 Å². The summed E-state index contributed by atoms with van der Waals surface area (Å²) in [6, 6.07) is 12.6. The SMILES string of the molecule is COc1ccc(/C=C/C(=O)NCc2ccc(N(C)C)cc2)cc1S(=O)(=O)N(C)C. The van der Waals surface area contributed by atoms with Gasteiger partial charge in [0.1, 0.15) is 10.6 Å². The first-order valence-electron chi connectivity index (χ1n) is 8.98. The molecule has 0 heterocycles. The Morgan fingerprint density at radius 2 is 1.72 bits per heavy atom. The highest BCUT2D eigenvalue weighted by Crippen LogP contribution is 2.27. The Kier molecular flexibility index (Phi) is 7.41. The maximum absolute atomic E-state index is 12.5. The second-order valence-electron chi connectivity index (χ2n) is 6.81. The number of rotatable bonds is 8. The Bertz CT molecular complexity index is 981. The molecule has 2 aromatic rings. The van der Waals surface area contributed by atoms with Gasteiger partial charge in [-0.1, -0.05) is 18.2 Å². The van der Waals surface area contributed by atoms with Crippen molar-refractivity contribution < 1.29 is 17.9 Å². The Morgan fingerprint density at radius 3 is 2.28 bits per heavy atom. The molecule has 0 aliphatic heterocycles. The second-order valence-corrected chi connectivity index (χ2v) is 8.93. The monoisotopic (exact) mass is 417 g/mol. The minimum absolute atomic E-state index is 0.0496. The first kappa shape index (κ1) is 22.4. The van der Waals surface area contributed by atoms with Gasteiger partial charge in [-0.25, -0.2) is 12.7 Å². The number of methoxy groups -OCH3 is 1. The molecule has 2 rings (SSSR count). The summed E-state index contributed by atoms with van der Waals surface area (Å²) >= 11 is 0. The first-order valence-corrected chi connectivity index (χ1v) is 10.4. The van der Waals surface area contributed by atoms with Crippen LogP contribution in [-0.2, 0) is 21.4 Å². The van der Waals surface area contributed by atoms with Gasteiger partial charge in [0.05, 0.1) is 7.11 Å². The molecule has 0 aliphatic rings. The third-order valence-corrected chi connectivity index (χ3v) is 6.13. The highest BCUT2D eigenvalue weighted by atomic mass is 32.2. The van der Waals surface area contributed by atoms with Gasteiger partial charge in [-0.3, -0.25) is 4.79 Å². The van der Waals surface area contributed by atoms with Crippen LogP contribution in [0.1, 0.15) is 11.1 Å². The van der Waals surface area contributed by atoms with E-state index < -0.39 is 10.0 Å². The van der Waals surface area contributed by atoms with Crippen LogP contribution in [-0.4, -0.2) is 53.9 Å². The number of carbonyl (C=O) groups is 1. The zero-order chi connectivity index (χ0) is 21.6. The van der Waals surface area contributed by atoms with E-state index in [4.69, 9.17) is 4.74 Å². The summed E-state index contributed by atoms with van der Waals surface area (Å²) in [5.41, 5.74) is 2.65. The van der Waals surface area contributed by atoms with Crippen molar-refractivity contribution in [2.45, 2.75) is 11.4 Å². The number of ether oxygens (including phenoxy) is 1. The molecule has 0 saturated carbocycles. The van der Waals surface area contributed by atoms with Crippen LogP contribution in [0.3, 0.4) is 0 Å². The van der Waals surface area contributed by atoms with Crippen LogP contribution in [0.25, 0.3) is 6.08 Å². The number of nitrogens with zero attached hydrogens (tertiary/aromatic N) is 2. The Hall–Kier alpha value is -2.84. The van der Waals surface area contributed by atoms with E-state index >= 15 is 0 Å². The van der Waals surface area contributed by atoms with Crippen LogP contribution in [0.15, 0.2) is 53.4 Å². The predicted molar refractivity (Wildman–Crippen MR) is 116 cm³/mol. The van der Waals surface area contributed by atoms with Crippen molar-refractivity contribution >= 4 is 27.7 Å². The van der Waals surface area contributed by atoms with Crippen molar-refractivity contribution in [1.82, 2.24) is 9.62 Å². The lowest BCUT2D eigenvalue weighted by molar-refractivity contribution is -0.116. The van der Waals surface area contributed by atoms with Gasteiger partial charge in [0.25, 0.3) is 0 Å². The van der Waals surface area contributed by atoms with Gasteiger partial charge in [0.15, 0.2) is 0 Å². The Morgan fingerprint density at radius 1 is 1.07 bits per heavy atom. The Balaban J connectivity index is 2.08. The third-order valence-electron chi connectivity index (χ3n) is 4.29. The lowest BCUT2D eigenvalue weighted by atomic mass is 10.2. The molecule has 0 saturated heterocycles. The molecular formula is C21H27N3O4S. The zero-order valence-corrected chi connectivity index (χ0v) is 18.2. The number of benzene rings is 2. The maximum atomic E-state index is 12.5. The lowest BCUT2D eigenvalue weighted by Gasteiger charge is -2.15. The molecule has 8 heteroatoms. The van der Waals surface area contributed by atoms with Crippen LogP contribution >= 0.6 is 0 Å². The number of sulfonamides is 1. The molecule has 7 nitrogen and oxygen atoms in total. The topological polar surface area (TPSA) is 79.0 Å². The number of carbonyl (C=O) groups excluding carboxylic acids is 1. The average molecular weight is 418 g/mol. The van der Waals surface area contributed by atoms with Gasteiger partial charge < -0.3 is 15.0 Å². The Labute approximate surface area is 172 Å². The summed E-state index contributed by atoms with van der Waals surface area (Å²) in [6.45, 7) is 0.403. The molecule has 0 spiro atoms. The van der Waals surface area contributed by atoms with Crippen molar-refractivity contribution in [1.29, 1.82) is 0 Å². The number of hydrogen-bond donors (Lipinski definition) is 1. The van der Waals surface area contributed by atoms with Crippen molar-refractivity contribution in [3.05, 3.63) is 59.7 Å². The van der Waals surface area contributed by atoms with Gasteiger partial charge in [-0.05, 0) is 41.5 Å². The van der Waals surface area contributed by atoms with E-state index in [1.165, 1.54) is 33.3 Å². The van der Waals surface area contributed by atoms with E-state index in [9.17, 15) is 13.2 Å². The van der Waals surface area contributed by atoms with E-state index in [1.54, 1.807) is 18.2 Å². The summed E-state index contributed by atoms with van der Waals surface area (Å²) in [5, 5.41) is 2.81. The predicted octanol–water partition coefficient (Wildman–Crippen LogP) is 2.34. The van der Waals surface area contributed by atoms with Gasteiger partial charge in [0, 0.05) is 46.5 Å². The molecule has 0 aliphatic carbocycles. The molecule has 0 radical (unpaired) electrons. The van der Waals surface area contributed by atoms with E-state index in [0.29, 0.717) is 12.1 Å². The molecule has 0 fully saturated rings. The van der Waals surface area contributed by atoms with Crippen molar-refractivity contribution in [2.24, 2.45) is 0 Å². The van der Waals surface area contributed by atoms with Crippen LogP contribution in [0.4, 0.5) is 5.69 Å². The molecule has 0 bridgehead atoms. The molecular weight excluding hydrogens is 390 g/mol. The van der Waals surface area contributed by atoms with E-state index in [-0.39, 0.29) is 16.6 Å². The highest BCUT2D eigenvalue weighted by molar-refractivity contribution is 7.89. The van der Waals surface area contributed by atoms with Gasteiger partial charge in [-0.15, -0.1) is 0 Å². The fraction of sp³-hybridized carbons (Fsp3) is 0.286. The molecule has 0 aromatic heterocycles. The minimum atomic E-state index is -3.67. The quantitative estimate of drug-likeness (QED) is 0.667. The third kappa shape index (κ3) is 5.82. The number of amides is 1. The standard InChI is InChI=1S/C21H27N3O4S/c1-23(2)18-10-6-17(7-11-18)15-22-21(25)13-9-16-8-12-19(28-5)20(14-16)29(26,27)24(3)4/h6-14H,15H2,1-5H3,(H,22,25)/b13-9+. The molecule has 0 unspecified atom stereocenters. The molecule has 156 valence electrons. The molecule has 2 aromatic carbocycles.